The Hall–Kier alpha value is -4.37. The van der Waals surface area contributed by atoms with Crippen LogP contribution in [-0.2, 0) is 23.7 Å². The van der Waals surface area contributed by atoms with Gasteiger partial charge in [0.15, 0.2) is 11.6 Å². The van der Waals surface area contributed by atoms with E-state index < -0.39 is 35.7 Å². The summed E-state index contributed by atoms with van der Waals surface area (Å²) in [5.74, 6) is -0.0599. The van der Waals surface area contributed by atoms with Crippen LogP contribution in [0.5, 0.6) is 0 Å². The van der Waals surface area contributed by atoms with Crippen molar-refractivity contribution in [3.8, 4) is 20.9 Å². The smallest absolute Gasteiger partial charge is 0.361 e. The summed E-state index contributed by atoms with van der Waals surface area (Å²) in [4.78, 5) is 40.8. The van der Waals surface area contributed by atoms with Gasteiger partial charge in [-0.1, -0.05) is 85.0 Å². The summed E-state index contributed by atoms with van der Waals surface area (Å²) in [5, 5.41) is 14.5. The van der Waals surface area contributed by atoms with E-state index in [-0.39, 0.29) is 11.6 Å². The van der Waals surface area contributed by atoms with Crippen molar-refractivity contribution < 1.29 is 38.4 Å². The fraction of sp³-hybridized carbons (Fsp3) is 0.300. The van der Waals surface area contributed by atoms with Crippen molar-refractivity contribution in [3.63, 3.8) is 0 Å². The van der Waals surface area contributed by atoms with Crippen molar-refractivity contribution in [1.29, 1.82) is 0 Å². The van der Waals surface area contributed by atoms with Crippen molar-refractivity contribution in [2.24, 2.45) is 0 Å². The third-order valence-corrected chi connectivity index (χ3v) is 15.2. The number of carboxylic acid groups (broad SMARTS) is 1. The highest BCUT2D eigenvalue weighted by atomic mass is 32.2. The molecule has 62 heavy (non-hydrogen) atoms. The number of ether oxygens (including phenoxy) is 4. The number of hydrogen-bond donors (Lipinski definition) is 1. The van der Waals surface area contributed by atoms with Gasteiger partial charge in [-0.05, 0) is 87.1 Å². The van der Waals surface area contributed by atoms with Crippen molar-refractivity contribution in [2.45, 2.75) is 71.2 Å². The molecule has 4 aromatic rings. The van der Waals surface area contributed by atoms with E-state index >= 15 is 0 Å². The summed E-state index contributed by atoms with van der Waals surface area (Å²) in [6.07, 6.45) is 7.84. The number of hydrogen-bond acceptors (Lipinski definition) is 11. The van der Waals surface area contributed by atoms with Gasteiger partial charge in [0.2, 0.25) is 0 Å². The average Bonchev–Trinajstić information content (AvgIpc) is 3.96. The number of thioether (sulfide) groups is 2. The van der Waals surface area contributed by atoms with Crippen molar-refractivity contribution in [3.05, 3.63) is 153 Å². The van der Waals surface area contributed by atoms with Crippen LogP contribution in [0, 0.1) is 0 Å². The molecule has 0 bridgehead atoms. The summed E-state index contributed by atoms with van der Waals surface area (Å²) >= 11 is 6.19. The van der Waals surface area contributed by atoms with Gasteiger partial charge >= 0.3 is 5.97 Å². The molecule has 0 radical (unpaired) electrons. The Balaban J connectivity index is 1.30. The molecule has 0 saturated carbocycles. The summed E-state index contributed by atoms with van der Waals surface area (Å²) in [6.45, 7) is 19.4. The normalized spacial score (nSPS) is 21.6. The summed E-state index contributed by atoms with van der Waals surface area (Å²) in [7, 11) is 0. The minimum absolute atomic E-state index is 0.0318. The SMILES string of the molecule is C=CCSC1=C(c2ccc(-c3cc(C(C)=O)cs3)cc2)C=CC(OC(OC2C=CC(c3ccc(-c4cc(C(C)=O)cs4)cc3)=C(SCC=C)C2(C)OCC)C(=O)O)C1(C)OCC. The molecule has 0 amide bonds. The van der Waals surface area contributed by atoms with E-state index in [1.165, 1.54) is 22.7 Å². The van der Waals surface area contributed by atoms with Gasteiger partial charge in [0, 0.05) is 66.2 Å². The molecule has 6 rings (SSSR count). The van der Waals surface area contributed by atoms with E-state index in [4.69, 9.17) is 18.9 Å². The second-order valence-corrected chi connectivity index (χ2v) is 18.8. The molecule has 324 valence electrons. The molecule has 0 aliphatic heterocycles. The van der Waals surface area contributed by atoms with Gasteiger partial charge in [0.05, 0.1) is 0 Å². The number of ketones is 2. The van der Waals surface area contributed by atoms with Crippen molar-refractivity contribution in [1.82, 2.24) is 0 Å². The number of Topliss-reactive ketones (excluding diaryl/α,β-unsaturated/α-hetero) is 2. The second kappa shape index (κ2) is 20.9. The van der Waals surface area contributed by atoms with E-state index in [2.05, 4.69) is 13.2 Å². The first-order valence-corrected chi connectivity index (χ1v) is 24.1. The third-order valence-electron chi connectivity index (χ3n) is 10.6. The first-order valence-electron chi connectivity index (χ1n) is 20.3. The van der Waals surface area contributed by atoms with Crippen LogP contribution < -0.4 is 0 Å². The second-order valence-electron chi connectivity index (χ2n) is 14.9. The first-order chi connectivity index (χ1) is 29.8. The lowest BCUT2D eigenvalue weighted by molar-refractivity contribution is -0.237. The Bertz CT molecular complexity index is 2260. The van der Waals surface area contributed by atoms with Crippen LogP contribution in [0.25, 0.3) is 32.0 Å². The fourth-order valence-electron chi connectivity index (χ4n) is 7.49. The molecule has 2 aromatic heterocycles. The molecule has 1 N–H and O–H groups in total. The van der Waals surface area contributed by atoms with Crippen LogP contribution in [0.4, 0.5) is 0 Å². The topological polar surface area (TPSA) is 108 Å². The average molecular weight is 909 g/mol. The number of allylic oxidation sites excluding steroid dienone is 4. The lowest BCUT2D eigenvalue weighted by Gasteiger charge is -2.44. The lowest BCUT2D eigenvalue weighted by atomic mass is 9.86. The standard InChI is InChI=1S/C50H52O8S4/c1-9-25-59-45-39(33-13-17-35(18-14-33)41-27-37(29-61-41)31(5)51)21-23-43(49(45,7)55-11-3)57-48(47(53)54)58-44-24-22-40(46(60-26-10-2)50(44,8)56-12-4)34-15-19-36(20-16-34)42-28-38(30-62-42)32(6)52/h9-10,13-24,27-30,43-44,48H,1-2,11-12,25-26H2,3-8H3,(H,53,54). The Morgan fingerprint density at radius 1 is 0.694 bits per heavy atom. The Morgan fingerprint density at radius 3 is 1.37 bits per heavy atom. The number of aliphatic carboxylic acids is 1. The highest BCUT2D eigenvalue weighted by Crippen LogP contribution is 2.48. The first kappa shape index (κ1) is 47.1. The summed E-state index contributed by atoms with van der Waals surface area (Å²) in [6, 6.07) is 20.2. The van der Waals surface area contributed by atoms with Gasteiger partial charge in [0.1, 0.15) is 23.4 Å². The zero-order valence-corrected chi connectivity index (χ0v) is 39.1. The van der Waals surface area contributed by atoms with Crippen LogP contribution in [0.15, 0.2) is 131 Å². The number of benzene rings is 2. The van der Waals surface area contributed by atoms with Gasteiger partial charge in [-0.25, -0.2) is 4.79 Å². The maximum atomic E-state index is 13.2. The third kappa shape index (κ3) is 10.2. The zero-order chi connectivity index (χ0) is 44.6. The number of carbonyl (C=O) groups is 3. The molecular formula is C50H52O8S4. The zero-order valence-electron chi connectivity index (χ0n) is 35.8. The quantitative estimate of drug-likeness (QED) is 0.0493. The maximum Gasteiger partial charge on any atom is 0.361 e. The van der Waals surface area contributed by atoms with Crippen molar-refractivity contribution in [2.75, 3.05) is 24.7 Å². The summed E-state index contributed by atoms with van der Waals surface area (Å²) < 4.78 is 26.1. The molecule has 4 atom stereocenters. The lowest BCUT2D eigenvalue weighted by Crippen LogP contribution is -2.52. The summed E-state index contributed by atoms with van der Waals surface area (Å²) in [5.41, 5.74) is 4.94. The molecule has 4 unspecified atom stereocenters. The Morgan fingerprint density at radius 2 is 1.06 bits per heavy atom. The predicted octanol–water partition coefficient (Wildman–Crippen LogP) is 12.4. The molecule has 0 fully saturated rings. The molecule has 2 aromatic carbocycles. The van der Waals surface area contributed by atoms with E-state index in [1.807, 2.05) is 136 Å². The number of carboxylic acids is 1. The molecule has 2 aliphatic carbocycles. The van der Waals surface area contributed by atoms with Crippen LogP contribution in [-0.4, -0.2) is 77.1 Å². The highest BCUT2D eigenvalue weighted by molar-refractivity contribution is 8.03. The molecule has 8 nitrogen and oxygen atoms in total. The minimum atomic E-state index is -1.70. The van der Waals surface area contributed by atoms with Gasteiger partial charge in [-0.3, -0.25) is 9.59 Å². The molecular weight excluding hydrogens is 857 g/mol. The van der Waals surface area contributed by atoms with E-state index in [9.17, 15) is 19.5 Å². The molecule has 0 spiro atoms. The van der Waals surface area contributed by atoms with Crippen LogP contribution in [0.3, 0.4) is 0 Å². The van der Waals surface area contributed by atoms with Gasteiger partial charge in [0.25, 0.3) is 6.29 Å². The fourth-order valence-corrected chi connectivity index (χ4v) is 11.6. The van der Waals surface area contributed by atoms with Gasteiger partial charge in [-0.2, -0.15) is 0 Å². The van der Waals surface area contributed by atoms with Gasteiger partial charge in [-0.15, -0.1) is 59.4 Å². The van der Waals surface area contributed by atoms with E-state index in [0.29, 0.717) is 35.8 Å². The highest BCUT2D eigenvalue weighted by Gasteiger charge is 2.48. The molecule has 2 aliphatic rings. The maximum absolute atomic E-state index is 13.2. The van der Waals surface area contributed by atoms with Crippen LogP contribution in [0.2, 0.25) is 0 Å². The number of thiophene rings is 2. The molecule has 0 saturated heterocycles. The predicted molar refractivity (Wildman–Crippen MR) is 258 cm³/mol. The largest absolute Gasteiger partial charge is 0.477 e. The van der Waals surface area contributed by atoms with Crippen molar-refractivity contribution >= 4 is 74.9 Å². The Kier molecular flexibility index (Phi) is 15.9. The van der Waals surface area contributed by atoms with E-state index in [1.54, 1.807) is 37.4 Å². The number of rotatable bonds is 21. The molecule has 12 heteroatoms. The van der Waals surface area contributed by atoms with Crippen LogP contribution in [0.1, 0.15) is 73.4 Å². The van der Waals surface area contributed by atoms with Crippen LogP contribution >= 0.6 is 46.2 Å². The Labute approximate surface area is 381 Å². The monoisotopic (exact) mass is 908 g/mol. The minimum Gasteiger partial charge on any atom is -0.477 e. The van der Waals surface area contributed by atoms with E-state index in [0.717, 1.165) is 53.0 Å². The number of carbonyl (C=O) groups excluding carboxylic acids is 2. The van der Waals surface area contributed by atoms with Gasteiger partial charge < -0.3 is 24.1 Å². The molecule has 2 heterocycles.